The van der Waals surface area contributed by atoms with Crippen LogP contribution in [0, 0.1) is 5.41 Å². The molecule has 15 heavy (non-hydrogen) atoms. The van der Waals surface area contributed by atoms with E-state index in [0.29, 0.717) is 5.17 Å². The lowest BCUT2D eigenvalue weighted by atomic mass is 10.1. The lowest BCUT2D eigenvalue weighted by molar-refractivity contribution is 0.457. The molecule has 2 rings (SSSR count). The van der Waals surface area contributed by atoms with Gasteiger partial charge >= 0.3 is 0 Å². The first-order valence-corrected chi connectivity index (χ1v) is 6.35. The maximum atomic E-state index is 7.69. The number of thioether (sulfide) groups is 1. The third kappa shape index (κ3) is 2.67. The molecule has 1 saturated heterocycles. The molecule has 1 heterocycles. The Morgan fingerprint density at radius 2 is 2.13 bits per heavy atom. The fourth-order valence-corrected chi connectivity index (χ4v) is 2.75. The fraction of sp³-hybridized carbons (Fsp3) is 0.364. The molecule has 1 unspecified atom stereocenters. The summed E-state index contributed by atoms with van der Waals surface area (Å²) in [4.78, 5) is 2.04. The standard InChI is InChI=1S/C11H13ClN2S/c12-10(9-4-2-1-3-5-9)8-14-6-7-15-11(14)13/h1-5,10,13H,6-8H2. The Hall–Kier alpha value is -0.670. The summed E-state index contributed by atoms with van der Waals surface area (Å²) in [7, 11) is 0. The summed E-state index contributed by atoms with van der Waals surface area (Å²) in [6.45, 7) is 1.68. The van der Waals surface area contributed by atoms with Gasteiger partial charge < -0.3 is 4.90 Å². The Labute approximate surface area is 99.1 Å². The van der Waals surface area contributed by atoms with Crippen molar-refractivity contribution >= 4 is 28.5 Å². The van der Waals surface area contributed by atoms with Crippen LogP contribution in [0.2, 0.25) is 0 Å². The minimum atomic E-state index is -0.0229. The van der Waals surface area contributed by atoms with Crippen molar-refractivity contribution in [2.24, 2.45) is 0 Å². The Balaban J connectivity index is 1.98. The lowest BCUT2D eigenvalue weighted by Crippen LogP contribution is -2.27. The predicted molar refractivity (Wildman–Crippen MR) is 66.8 cm³/mol. The van der Waals surface area contributed by atoms with E-state index in [1.807, 2.05) is 35.2 Å². The summed E-state index contributed by atoms with van der Waals surface area (Å²) < 4.78 is 0. The molecule has 1 N–H and O–H groups in total. The molecule has 4 heteroatoms. The lowest BCUT2D eigenvalue weighted by Gasteiger charge is -2.20. The first-order valence-electron chi connectivity index (χ1n) is 4.92. The molecule has 0 bridgehead atoms. The first-order chi connectivity index (χ1) is 7.27. The highest BCUT2D eigenvalue weighted by molar-refractivity contribution is 8.14. The molecule has 0 spiro atoms. The second kappa shape index (κ2) is 4.90. The van der Waals surface area contributed by atoms with Gasteiger partial charge in [0.2, 0.25) is 0 Å². The molecule has 2 nitrogen and oxygen atoms in total. The molecule has 0 amide bonds. The molecule has 1 fully saturated rings. The largest absolute Gasteiger partial charge is 0.349 e. The van der Waals surface area contributed by atoms with Crippen LogP contribution in [0.4, 0.5) is 0 Å². The second-order valence-corrected chi connectivity index (χ2v) is 5.09. The van der Waals surface area contributed by atoms with Gasteiger partial charge in [-0.05, 0) is 5.56 Å². The molecular formula is C11H13ClN2S. The Kier molecular flexibility index (Phi) is 3.54. The summed E-state index contributed by atoms with van der Waals surface area (Å²) in [6.07, 6.45) is 0. The Morgan fingerprint density at radius 1 is 1.40 bits per heavy atom. The molecule has 0 saturated carbocycles. The van der Waals surface area contributed by atoms with E-state index in [9.17, 15) is 0 Å². The van der Waals surface area contributed by atoms with Crippen molar-refractivity contribution in [1.82, 2.24) is 4.90 Å². The zero-order valence-corrected chi connectivity index (χ0v) is 9.89. The van der Waals surface area contributed by atoms with Crippen LogP contribution in [0.1, 0.15) is 10.9 Å². The number of hydrogen-bond acceptors (Lipinski definition) is 2. The number of benzene rings is 1. The molecule has 1 atom stereocenters. The summed E-state index contributed by atoms with van der Waals surface area (Å²) in [5.41, 5.74) is 1.13. The molecule has 1 aliphatic heterocycles. The van der Waals surface area contributed by atoms with Crippen LogP contribution >= 0.6 is 23.4 Å². The van der Waals surface area contributed by atoms with Crippen LogP contribution in [-0.4, -0.2) is 28.9 Å². The molecule has 0 radical (unpaired) electrons. The van der Waals surface area contributed by atoms with Crippen LogP contribution in [0.25, 0.3) is 0 Å². The zero-order chi connectivity index (χ0) is 10.7. The quantitative estimate of drug-likeness (QED) is 0.823. The number of halogens is 1. The fourth-order valence-electron chi connectivity index (χ4n) is 1.58. The van der Waals surface area contributed by atoms with Crippen molar-refractivity contribution in [1.29, 1.82) is 5.41 Å². The van der Waals surface area contributed by atoms with Gasteiger partial charge in [-0.1, -0.05) is 42.1 Å². The number of alkyl halides is 1. The first kappa shape index (κ1) is 10.8. The van der Waals surface area contributed by atoms with E-state index in [1.54, 1.807) is 11.8 Å². The van der Waals surface area contributed by atoms with Crippen LogP contribution in [-0.2, 0) is 0 Å². The monoisotopic (exact) mass is 240 g/mol. The van der Waals surface area contributed by atoms with Crippen LogP contribution in [0.15, 0.2) is 30.3 Å². The predicted octanol–water partition coefficient (Wildman–Crippen LogP) is 2.95. The van der Waals surface area contributed by atoms with Gasteiger partial charge in [0.15, 0.2) is 5.17 Å². The van der Waals surface area contributed by atoms with E-state index in [-0.39, 0.29) is 5.38 Å². The number of nitrogens with zero attached hydrogens (tertiary/aromatic N) is 1. The molecule has 0 aliphatic carbocycles. The van der Waals surface area contributed by atoms with E-state index in [2.05, 4.69) is 0 Å². The van der Waals surface area contributed by atoms with Crippen molar-refractivity contribution in [3.8, 4) is 0 Å². The third-order valence-corrected chi connectivity index (χ3v) is 3.74. The smallest absolute Gasteiger partial charge is 0.156 e. The van der Waals surface area contributed by atoms with Gasteiger partial charge in [-0.2, -0.15) is 0 Å². The average Bonchev–Trinajstić information content (AvgIpc) is 2.66. The van der Waals surface area contributed by atoms with Gasteiger partial charge in [0.1, 0.15) is 0 Å². The van der Waals surface area contributed by atoms with Crippen LogP contribution in [0.5, 0.6) is 0 Å². The van der Waals surface area contributed by atoms with E-state index in [4.69, 9.17) is 17.0 Å². The minimum Gasteiger partial charge on any atom is -0.349 e. The van der Waals surface area contributed by atoms with Gasteiger partial charge in [-0.25, -0.2) is 0 Å². The Bertz CT molecular complexity index is 342. The van der Waals surface area contributed by atoms with Gasteiger partial charge in [0.05, 0.1) is 5.38 Å². The highest BCUT2D eigenvalue weighted by Gasteiger charge is 2.20. The third-order valence-electron chi connectivity index (χ3n) is 2.43. The van der Waals surface area contributed by atoms with Crippen molar-refractivity contribution < 1.29 is 0 Å². The number of rotatable bonds is 3. The molecule has 1 aromatic carbocycles. The molecular weight excluding hydrogens is 228 g/mol. The normalized spacial score (nSPS) is 18.2. The molecule has 80 valence electrons. The van der Waals surface area contributed by atoms with Crippen LogP contribution in [0.3, 0.4) is 0 Å². The molecule has 1 aromatic rings. The van der Waals surface area contributed by atoms with Gasteiger partial charge in [-0.15, -0.1) is 11.6 Å². The summed E-state index contributed by atoms with van der Waals surface area (Å²) in [6, 6.07) is 10.0. The second-order valence-electron chi connectivity index (χ2n) is 3.48. The van der Waals surface area contributed by atoms with Crippen molar-refractivity contribution in [2.75, 3.05) is 18.8 Å². The van der Waals surface area contributed by atoms with Gasteiger partial charge in [0, 0.05) is 18.8 Å². The number of hydrogen-bond donors (Lipinski definition) is 1. The van der Waals surface area contributed by atoms with Crippen molar-refractivity contribution in [3.63, 3.8) is 0 Å². The van der Waals surface area contributed by atoms with Gasteiger partial charge in [-0.3, -0.25) is 5.41 Å². The topological polar surface area (TPSA) is 27.1 Å². The van der Waals surface area contributed by atoms with Crippen molar-refractivity contribution in [2.45, 2.75) is 5.38 Å². The van der Waals surface area contributed by atoms with Crippen molar-refractivity contribution in [3.05, 3.63) is 35.9 Å². The summed E-state index contributed by atoms with van der Waals surface area (Å²) >= 11 is 7.90. The molecule has 0 aromatic heterocycles. The molecule has 1 aliphatic rings. The Morgan fingerprint density at radius 3 is 2.73 bits per heavy atom. The number of amidine groups is 1. The highest BCUT2D eigenvalue weighted by Crippen LogP contribution is 2.25. The van der Waals surface area contributed by atoms with E-state index in [1.165, 1.54) is 0 Å². The minimum absolute atomic E-state index is 0.0229. The summed E-state index contributed by atoms with van der Waals surface area (Å²) in [5.74, 6) is 1.01. The average molecular weight is 241 g/mol. The maximum Gasteiger partial charge on any atom is 0.156 e. The number of nitrogens with one attached hydrogen (secondary N) is 1. The van der Waals surface area contributed by atoms with Gasteiger partial charge in [0.25, 0.3) is 0 Å². The summed E-state index contributed by atoms with van der Waals surface area (Å²) in [5, 5.41) is 8.32. The van der Waals surface area contributed by atoms with E-state index in [0.717, 1.165) is 24.4 Å². The highest BCUT2D eigenvalue weighted by atomic mass is 35.5. The maximum absolute atomic E-state index is 7.69. The van der Waals surface area contributed by atoms with E-state index >= 15 is 0 Å². The SMILES string of the molecule is N=C1SCCN1CC(Cl)c1ccccc1. The van der Waals surface area contributed by atoms with E-state index < -0.39 is 0 Å². The van der Waals surface area contributed by atoms with Crippen LogP contribution < -0.4 is 0 Å². The zero-order valence-electron chi connectivity index (χ0n) is 8.32.